The molecule has 29 heavy (non-hydrogen) atoms. The number of nitrogens with one attached hydrogen (secondary N) is 1. The molecule has 0 atom stereocenters. The molecule has 0 spiro atoms. The predicted molar refractivity (Wildman–Crippen MR) is 120 cm³/mol. The van der Waals surface area contributed by atoms with Crippen molar-refractivity contribution in [2.24, 2.45) is 5.92 Å². The Hall–Kier alpha value is -2.93. The Morgan fingerprint density at radius 3 is 2.41 bits per heavy atom. The van der Waals surface area contributed by atoms with Crippen molar-refractivity contribution in [3.8, 4) is 5.69 Å². The molecule has 4 aromatic rings. The standard InChI is InChI=1S/C22H22BrN5O/c1-13(2)11-12-25-22(29)18-19-21(27-17-6-4-3-5-16(17)26-19)28(20(18)24)15-9-7-14(23)8-10-15/h3-10,13H,11-12,24H2,1-2H3,(H,25,29). The summed E-state index contributed by atoms with van der Waals surface area (Å²) < 4.78 is 2.75. The topological polar surface area (TPSA) is 85.8 Å². The lowest BCUT2D eigenvalue weighted by Crippen LogP contribution is -2.26. The van der Waals surface area contributed by atoms with Crippen LogP contribution in [0.15, 0.2) is 53.0 Å². The van der Waals surface area contributed by atoms with Gasteiger partial charge in [0, 0.05) is 16.7 Å². The summed E-state index contributed by atoms with van der Waals surface area (Å²) in [4.78, 5) is 22.5. The molecule has 0 saturated heterocycles. The average Bonchev–Trinajstić information content (AvgIpc) is 2.97. The summed E-state index contributed by atoms with van der Waals surface area (Å²) in [7, 11) is 0. The lowest BCUT2D eigenvalue weighted by Gasteiger charge is -2.09. The first-order valence-electron chi connectivity index (χ1n) is 9.56. The zero-order chi connectivity index (χ0) is 20.5. The van der Waals surface area contributed by atoms with E-state index < -0.39 is 0 Å². The Morgan fingerprint density at radius 2 is 1.76 bits per heavy atom. The van der Waals surface area contributed by atoms with Crippen molar-refractivity contribution in [3.05, 3.63) is 58.6 Å². The summed E-state index contributed by atoms with van der Waals surface area (Å²) in [6.45, 7) is 4.83. The van der Waals surface area contributed by atoms with Crippen LogP contribution in [0.2, 0.25) is 0 Å². The van der Waals surface area contributed by atoms with E-state index in [1.807, 2.05) is 48.5 Å². The summed E-state index contributed by atoms with van der Waals surface area (Å²) in [5.74, 6) is 0.605. The second-order valence-electron chi connectivity index (χ2n) is 7.40. The van der Waals surface area contributed by atoms with Crippen LogP contribution in [0.3, 0.4) is 0 Å². The molecule has 0 saturated carbocycles. The third-order valence-electron chi connectivity index (χ3n) is 4.82. The van der Waals surface area contributed by atoms with Crippen LogP contribution in [0, 0.1) is 5.92 Å². The monoisotopic (exact) mass is 451 g/mol. The molecule has 148 valence electrons. The van der Waals surface area contributed by atoms with Crippen LogP contribution in [0.4, 0.5) is 5.82 Å². The number of carbonyl (C=O) groups excluding carboxylic acids is 1. The lowest BCUT2D eigenvalue weighted by atomic mass is 10.1. The van der Waals surface area contributed by atoms with Gasteiger partial charge in [0.1, 0.15) is 16.9 Å². The number of aromatic nitrogens is 3. The van der Waals surface area contributed by atoms with Crippen molar-refractivity contribution in [1.82, 2.24) is 19.9 Å². The minimum atomic E-state index is -0.228. The molecule has 0 radical (unpaired) electrons. The highest BCUT2D eigenvalue weighted by atomic mass is 79.9. The van der Waals surface area contributed by atoms with Gasteiger partial charge in [0.2, 0.25) is 0 Å². The summed E-state index contributed by atoms with van der Waals surface area (Å²) in [6, 6.07) is 15.3. The highest BCUT2D eigenvalue weighted by Crippen LogP contribution is 2.31. The van der Waals surface area contributed by atoms with Crippen LogP contribution in [0.1, 0.15) is 30.6 Å². The fraction of sp³-hybridized carbons (Fsp3) is 0.227. The maximum Gasteiger partial charge on any atom is 0.257 e. The van der Waals surface area contributed by atoms with Gasteiger partial charge in [0.05, 0.1) is 11.0 Å². The SMILES string of the molecule is CC(C)CCNC(=O)c1c(N)n(-c2ccc(Br)cc2)c2nc3ccccc3nc12. The number of halogens is 1. The van der Waals surface area contributed by atoms with Crippen molar-refractivity contribution < 1.29 is 4.79 Å². The van der Waals surface area contributed by atoms with E-state index in [0.717, 1.165) is 27.6 Å². The van der Waals surface area contributed by atoms with E-state index in [0.29, 0.717) is 35.0 Å². The van der Waals surface area contributed by atoms with Crippen LogP contribution < -0.4 is 11.1 Å². The van der Waals surface area contributed by atoms with E-state index in [-0.39, 0.29) is 5.91 Å². The van der Waals surface area contributed by atoms with Gasteiger partial charge < -0.3 is 11.1 Å². The number of fused-ring (bicyclic) bond motifs is 2. The summed E-state index contributed by atoms with van der Waals surface area (Å²) >= 11 is 3.45. The van der Waals surface area contributed by atoms with Crippen LogP contribution in [0.25, 0.3) is 27.9 Å². The maximum absolute atomic E-state index is 13.0. The maximum atomic E-state index is 13.0. The number of benzene rings is 2. The third kappa shape index (κ3) is 3.70. The van der Waals surface area contributed by atoms with Crippen LogP contribution >= 0.6 is 15.9 Å². The number of hydrogen-bond acceptors (Lipinski definition) is 4. The molecular formula is C22H22BrN5O. The second kappa shape index (κ2) is 7.83. The highest BCUT2D eigenvalue weighted by Gasteiger charge is 2.24. The Balaban J connectivity index is 1.92. The van der Waals surface area contributed by atoms with E-state index in [1.165, 1.54) is 0 Å². The van der Waals surface area contributed by atoms with Gasteiger partial charge in [-0.3, -0.25) is 9.36 Å². The van der Waals surface area contributed by atoms with Crippen LogP contribution in [-0.4, -0.2) is 27.0 Å². The Bertz CT molecular complexity index is 1200. The molecule has 7 heteroatoms. The highest BCUT2D eigenvalue weighted by molar-refractivity contribution is 9.10. The second-order valence-corrected chi connectivity index (χ2v) is 8.31. The Morgan fingerprint density at radius 1 is 1.10 bits per heavy atom. The molecule has 2 aromatic carbocycles. The Labute approximate surface area is 177 Å². The van der Waals surface area contributed by atoms with Crippen molar-refractivity contribution >= 4 is 49.9 Å². The van der Waals surface area contributed by atoms with Gasteiger partial charge in [-0.1, -0.05) is 41.9 Å². The zero-order valence-corrected chi connectivity index (χ0v) is 17.9. The number of nitrogens with zero attached hydrogens (tertiary/aromatic N) is 3. The molecule has 0 bridgehead atoms. The van der Waals surface area contributed by atoms with E-state index in [1.54, 1.807) is 4.57 Å². The molecular weight excluding hydrogens is 430 g/mol. The molecule has 1 amide bonds. The van der Waals surface area contributed by atoms with Gasteiger partial charge in [0.15, 0.2) is 5.65 Å². The predicted octanol–water partition coefficient (Wildman–Crippen LogP) is 4.69. The lowest BCUT2D eigenvalue weighted by molar-refractivity contribution is 0.0954. The molecule has 4 rings (SSSR count). The van der Waals surface area contributed by atoms with Gasteiger partial charge in [-0.25, -0.2) is 9.97 Å². The first kappa shape index (κ1) is 19.4. The van der Waals surface area contributed by atoms with Crippen molar-refractivity contribution in [2.75, 3.05) is 12.3 Å². The van der Waals surface area contributed by atoms with Crippen LogP contribution in [0.5, 0.6) is 0 Å². The number of nitrogen functional groups attached to an aromatic ring is 1. The van der Waals surface area contributed by atoms with Gasteiger partial charge >= 0.3 is 0 Å². The minimum absolute atomic E-state index is 0.228. The number of para-hydroxylation sites is 2. The average molecular weight is 452 g/mol. The number of carbonyl (C=O) groups is 1. The third-order valence-corrected chi connectivity index (χ3v) is 5.35. The number of anilines is 1. The molecule has 0 aliphatic carbocycles. The number of hydrogen-bond donors (Lipinski definition) is 2. The van der Waals surface area contributed by atoms with Crippen molar-refractivity contribution in [2.45, 2.75) is 20.3 Å². The molecule has 2 heterocycles. The van der Waals surface area contributed by atoms with Gasteiger partial charge in [-0.2, -0.15) is 0 Å². The van der Waals surface area contributed by atoms with Crippen molar-refractivity contribution in [1.29, 1.82) is 0 Å². The minimum Gasteiger partial charge on any atom is -0.384 e. The van der Waals surface area contributed by atoms with Crippen molar-refractivity contribution in [3.63, 3.8) is 0 Å². The first-order chi connectivity index (χ1) is 14.0. The smallest absolute Gasteiger partial charge is 0.257 e. The van der Waals surface area contributed by atoms with Crippen LogP contribution in [-0.2, 0) is 0 Å². The fourth-order valence-corrected chi connectivity index (χ4v) is 3.56. The molecule has 0 aliphatic heterocycles. The van der Waals surface area contributed by atoms with Gasteiger partial charge in [-0.15, -0.1) is 0 Å². The Kier molecular flexibility index (Phi) is 5.24. The largest absolute Gasteiger partial charge is 0.384 e. The number of nitrogens with two attached hydrogens (primary N) is 1. The van der Waals surface area contributed by atoms with E-state index in [4.69, 9.17) is 15.7 Å². The number of rotatable bonds is 5. The summed E-state index contributed by atoms with van der Waals surface area (Å²) in [5, 5.41) is 2.98. The first-order valence-corrected chi connectivity index (χ1v) is 10.4. The molecule has 6 nitrogen and oxygen atoms in total. The van der Waals surface area contributed by atoms with E-state index in [9.17, 15) is 4.79 Å². The normalized spacial score (nSPS) is 11.4. The molecule has 2 aromatic heterocycles. The molecule has 0 unspecified atom stereocenters. The fourth-order valence-electron chi connectivity index (χ4n) is 3.30. The molecule has 0 fully saturated rings. The van der Waals surface area contributed by atoms with Gasteiger partial charge in [0.25, 0.3) is 5.91 Å². The summed E-state index contributed by atoms with van der Waals surface area (Å²) in [5.41, 5.74) is 10.2. The molecule has 3 N–H and O–H groups in total. The quantitative estimate of drug-likeness (QED) is 0.460. The van der Waals surface area contributed by atoms with Gasteiger partial charge in [-0.05, 0) is 48.7 Å². The summed E-state index contributed by atoms with van der Waals surface area (Å²) in [6.07, 6.45) is 0.894. The van der Waals surface area contributed by atoms with E-state index in [2.05, 4.69) is 35.1 Å². The molecule has 0 aliphatic rings. The number of amides is 1. The zero-order valence-electron chi connectivity index (χ0n) is 16.3. The van der Waals surface area contributed by atoms with E-state index >= 15 is 0 Å².